The quantitative estimate of drug-likeness (QED) is 0.897. The Morgan fingerprint density at radius 1 is 1.00 bits per heavy atom. The number of anilines is 1. The topological polar surface area (TPSA) is 75.3 Å². The molecule has 2 amide bonds. The number of benzene rings is 1. The average Bonchev–Trinajstić information content (AvgIpc) is 3.05. The van der Waals surface area contributed by atoms with E-state index >= 15 is 0 Å². The lowest BCUT2D eigenvalue weighted by molar-refractivity contribution is 0.256. The summed E-state index contributed by atoms with van der Waals surface area (Å²) in [7, 11) is -3.50. The number of aryl methyl sites for hydroxylation is 2. The smallest absolute Gasteiger partial charge is 0.307 e. The Kier molecular flexibility index (Phi) is 3.18. The molecule has 0 atom stereocenters. The van der Waals surface area contributed by atoms with Crippen molar-refractivity contribution in [1.82, 2.24) is 4.72 Å². The minimum atomic E-state index is -3.50. The van der Waals surface area contributed by atoms with Crippen molar-refractivity contribution in [1.29, 1.82) is 0 Å². The van der Waals surface area contributed by atoms with Gasteiger partial charge in [-0.25, -0.2) is 17.9 Å². The van der Waals surface area contributed by atoms with E-state index in [1.54, 1.807) is 0 Å². The van der Waals surface area contributed by atoms with Crippen LogP contribution in [0.1, 0.15) is 47.9 Å². The van der Waals surface area contributed by atoms with E-state index < -0.39 is 16.1 Å². The van der Waals surface area contributed by atoms with Gasteiger partial charge in [0.2, 0.25) is 10.0 Å². The van der Waals surface area contributed by atoms with Crippen molar-refractivity contribution < 1.29 is 13.2 Å². The lowest BCUT2D eigenvalue weighted by Crippen LogP contribution is -2.37. The first-order chi connectivity index (χ1) is 10.5. The molecule has 0 spiro atoms. The van der Waals surface area contributed by atoms with Crippen LogP contribution in [0.25, 0.3) is 0 Å². The molecule has 1 aromatic carbocycles. The molecule has 3 aliphatic carbocycles. The molecule has 5 nitrogen and oxygen atoms in total. The van der Waals surface area contributed by atoms with Crippen LogP contribution in [0.4, 0.5) is 10.5 Å². The summed E-state index contributed by atoms with van der Waals surface area (Å²) in [6.45, 7) is 0. The molecule has 0 aromatic heterocycles. The van der Waals surface area contributed by atoms with Gasteiger partial charge in [-0.1, -0.05) is 6.07 Å². The van der Waals surface area contributed by atoms with Crippen LogP contribution < -0.4 is 10.0 Å². The summed E-state index contributed by atoms with van der Waals surface area (Å²) in [5.41, 5.74) is 5.94. The lowest BCUT2D eigenvalue weighted by Gasteiger charge is -2.16. The van der Waals surface area contributed by atoms with Gasteiger partial charge in [-0.15, -0.1) is 0 Å². The number of hydrogen-bond donors (Lipinski definition) is 2. The number of nitrogens with one attached hydrogen (secondary N) is 2. The number of carbonyl (C=O) groups is 1. The maximum atomic E-state index is 12.2. The number of carbonyl (C=O) groups excluding carboxylic acids is 1. The van der Waals surface area contributed by atoms with Gasteiger partial charge >= 0.3 is 6.03 Å². The molecule has 0 heterocycles. The molecule has 3 aliphatic rings. The fraction of sp³-hybridized carbons (Fsp3) is 0.562. The Hall–Kier alpha value is -1.56. The van der Waals surface area contributed by atoms with Gasteiger partial charge in [-0.3, -0.25) is 0 Å². The fourth-order valence-corrected chi connectivity index (χ4v) is 4.93. The predicted octanol–water partition coefficient (Wildman–Crippen LogP) is 2.28. The highest BCUT2D eigenvalue weighted by molar-refractivity contribution is 7.90. The van der Waals surface area contributed by atoms with Gasteiger partial charge in [0, 0.05) is 5.69 Å². The Labute approximate surface area is 130 Å². The number of urea groups is 1. The van der Waals surface area contributed by atoms with Gasteiger partial charge in [-0.05, 0) is 73.6 Å². The zero-order valence-electron chi connectivity index (χ0n) is 12.4. The number of hydrogen-bond acceptors (Lipinski definition) is 3. The Bertz CT molecular complexity index is 719. The largest absolute Gasteiger partial charge is 0.332 e. The number of fused-ring (bicyclic) bond motifs is 2. The summed E-state index contributed by atoms with van der Waals surface area (Å²) in [6.07, 6.45) is 7.56. The van der Waals surface area contributed by atoms with E-state index in [9.17, 15) is 13.2 Å². The molecule has 0 saturated heterocycles. The molecule has 1 fully saturated rings. The molecule has 0 aliphatic heterocycles. The van der Waals surface area contributed by atoms with Crippen LogP contribution >= 0.6 is 0 Å². The van der Waals surface area contributed by atoms with Crippen LogP contribution in [0.3, 0.4) is 0 Å². The van der Waals surface area contributed by atoms with Crippen LogP contribution in [-0.2, 0) is 35.7 Å². The molecule has 118 valence electrons. The van der Waals surface area contributed by atoms with Crippen molar-refractivity contribution in [3.05, 3.63) is 28.3 Å². The van der Waals surface area contributed by atoms with E-state index in [1.807, 2.05) is 0 Å². The maximum absolute atomic E-state index is 12.2. The van der Waals surface area contributed by atoms with E-state index in [4.69, 9.17) is 0 Å². The normalized spacial score (nSPS) is 19.6. The minimum Gasteiger partial charge on any atom is -0.307 e. The summed E-state index contributed by atoms with van der Waals surface area (Å²) < 4.78 is 25.9. The Morgan fingerprint density at radius 3 is 2.14 bits per heavy atom. The zero-order valence-corrected chi connectivity index (χ0v) is 13.3. The van der Waals surface area contributed by atoms with Crippen molar-refractivity contribution in [2.24, 2.45) is 0 Å². The first-order valence-electron chi connectivity index (χ1n) is 8.04. The lowest BCUT2D eigenvalue weighted by atomic mass is 9.99. The maximum Gasteiger partial charge on any atom is 0.332 e. The second-order valence-electron chi connectivity index (χ2n) is 6.53. The highest BCUT2D eigenvalue weighted by atomic mass is 32.2. The Morgan fingerprint density at radius 2 is 1.59 bits per heavy atom. The third kappa shape index (κ3) is 2.39. The third-order valence-corrected chi connectivity index (χ3v) is 6.73. The summed E-state index contributed by atoms with van der Waals surface area (Å²) >= 11 is 0. The Balaban J connectivity index is 1.61. The monoisotopic (exact) mass is 320 g/mol. The van der Waals surface area contributed by atoms with E-state index in [0.29, 0.717) is 12.8 Å². The van der Waals surface area contributed by atoms with Gasteiger partial charge in [0.1, 0.15) is 0 Å². The number of rotatable bonds is 3. The van der Waals surface area contributed by atoms with Crippen LogP contribution in [-0.4, -0.2) is 19.7 Å². The highest BCUT2D eigenvalue weighted by Crippen LogP contribution is 2.38. The van der Waals surface area contributed by atoms with E-state index in [-0.39, 0.29) is 5.25 Å². The van der Waals surface area contributed by atoms with E-state index in [2.05, 4.69) is 16.1 Å². The molecular formula is C16H20N2O3S. The van der Waals surface area contributed by atoms with Gasteiger partial charge in [0.05, 0.1) is 5.25 Å². The molecule has 2 N–H and O–H groups in total. The molecule has 0 radical (unpaired) electrons. The fourth-order valence-electron chi connectivity index (χ4n) is 3.70. The van der Waals surface area contributed by atoms with Crippen LogP contribution in [0.15, 0.2) is 6.07 Å². The predicted molar refractivity (Wildman–Crippen MR) is 84.6 cm³/mol. The van der Waals surface area contributed by atoms with E-state index in [0.717, 1.165) is 44.2 Å². The molecule has 1 aromatic rings. The molecular weight excluding hydrogens is 300 g/mol. The van der Waals surface area contributed by atoms with E-state index in [1.165, 1.54) is 22.3 Å². The number of amides is 2. The molecule has 0 bridgehead atoms. The summed E-state index contributed by atoms with van der Waals surface area (Å²) in [6, 6.07) is 1.68. The molecule has 22 heavy (non-hydrogen) atoms. The summed E-state index contributed by atoms with van der Waals surface area (Å²) in [5, 5.41) is 2.47. The molecule has 0 unspecified atom stereocenters. The van der Waals surface area contributed by atoms with Gasteiger partial charge in [0.15, 0.2) is 0 Å². The standard InChI is InChI=1S/C16H20N2O3S/c19-16(18-22(20,21)12-7-8-12)17-15-13-5-1-3-10(13)9-11-4-2-6-14(11)15/h9,12H,1-8H2,(H2,17,18,19). The second-order valence-corrected chi connectivity index (χ2v) is 8.50. The molecule has 4 rings (SSSR count). The first kappa shape index (κ1) is 14.1. The SMILES string of the molecule is O=C(Nc1c2c(cc3c1CCC3)CCC2)NS(=O)(=O)C1CC1. The second kappa shape index (κ2) is 4.98. The van der Waals surface area contributed by atoms with Crippen molar-refractivity contribution in [3.63, 3.8) is 0 Å². The highest BCUT2D eigenvalue weighted by Gasteiger charge is 2.37. The summed E-state index contributed by atoms with van der Waals surface area (Å²) in [4.78, 5) is 12.2. The first-order valence-corrected chi connectivity index (χ1v) is 9.58. The van der Waals surface area contributed by atoms with Crippen LogP contribution in [0, 0.1) is 0 Å². The van der Waals surface area contributed by atoms with Gasteiger partial charge in [0.25, 0.3) is 0 Å². The molecule has 6 heteroatoms. The average molecular weight is 320 g/mol. The van der Waals surface area contributed by atoms with Crippen LogP contribution in [0.2, 0.25) is 0 Å². The van der Waals surface area contributed by atoms with Gasteiger partial charge in [-0.2, -0.15) is 0 Å². The third-order valence-electron chi connectivity index (χ3n) is 4.91. The van der Waals surface area contributed by atoms with Crippen LogP contribution in [0.5, 0.6) is 0 Å². The van der Waals surface area contributed by atoms with Crippen molar-refractivity contribution in [2.45, 2.75) is 56.6 Å². The zero-order chi connectivity index (χ0) is 15.3. The van der Waals surface area contributed by atoms with Gasteiger partial charge < -0.3 is 5.32 Å². The van der Waals surface area contributed by atoms with Crippen molar-refractivity contribution in [3.8, 4) is 0 Å². The minimum absolute atomic E-state index is 0.384. The summed E-state index contributed by atoms with van der Waals surface area (Å²) in [5.74, 6) is 0. The number of sulfonamides is 1. The van der Waals surface area contributed by atoms with Crippen molar-refractivity contribution in [2.75, 3.05) is 5.32 Å². The molecule has 1 saturated carbocycles. The van der Waals surface area contributed by atoms with Crippen molar-refractivity contribution >= 4 is 21.7 Å².